The fourth-order valence-electron chi connectivity index (χ4n) is 6.39. The maximum absolute atomic E-state index is 14.0. The molecule has 3 N–H and O–H groups in total. The van der Waals surface area contributed by atoms with Crippen LogP contribution in [0.25, 0.3) is 0 Å². The lowest BCUT2D eigenvalue weighted by Crippen LogP contribution is -2.46. The fourth-order valence-corrected chi connectivity index (χ4v) is 8.33. The van der Waals surface area contributed by atoms with Crippen LogP contribution in [0.3, 0.4) is 0 Å². The first-order valence-electron chi connectivity index (χ1n) is 15.6. The molecule has 2 fully saturated rings. The van der Waals surface area contributed by atoms with Crippen molar-refractivity contribution in [3.8, 4) is 0 Å². The van der Waals surface area contributed by atoms with Gasteiger partial charge in [0.25, 0.3) is 0 Å². The molecule has 4 rings (SSSR count). The highest BCUT2D eigenvalue weighted by molar-refractivity contribution is 7.90. The summed E-state index contributed by atoms with van der Waals surface area (Å²) in [7, 11) is -1.90. The summed E-state index contributed by atoms with van der Waals surface area (Å²) in [4.78, 5) is 44.0. The number of piperidine rings is 1. The molecule has 0 unspecified atom stereocenters. The van der Waals surface area contributed by atoms with Gasteiger partial charge in [-0.2, -0.15) is 0 Å². The SMILES string of the molecule is CN(C(=O)CC[C@@H](CS(=O)(=O)Cc1ccccc1)C(=O)N1CCC[C@H]1C(=O)CCc1cc(Cl)ccc1CN)C1CCNCC1. The van der Waals surface area contributed by atoms with Crippen LogP contribution in [0.2, 0.25) is 5.02 Å². The Balaban J connectivity index is 1.47. The van der Waals surface area contributed by atoms with Crippen molar-refractivity contribution in [3.05, 3.63) is 70.2 Å². The number of nitrogens with one attached hydrogen (secondary N) is 1. The molecule has 2 aromatic carbocycles. The number of Topliss-reactive ketones (excluding diaryl/α,β-unsaturated/α-hetero) is 1. The molecular weight excluding hydrogens is 600 g/mol. The normalized spacial score (nSPS) is 18.2. The van der Waals surface area contributed by atoms with Gasteiger partial charge in [-0.05, 0) is 80.4 Å². The fraction of sp³-hybridized carbons (Fsp3) is 0.545. The summed E-state index contributed by atoms with van der Waals surface area (Å²) in [5.74, 6) is -2.00. The molecule has 2 saturated heterocycles. The quantitative estimate of drug-likeness (QED) is 0.322. The summed E-state index contributed by atoms with van der Waals surface area (Å²) in [6.45, 7) is 2.41. The Hall–Kier alpha value is -2.79. The number of ketones is 1. The van der Waals surface area contributed by atoms with Crippen molar-refractivity contribution < 1.29 is 22.8 Å². The largest absolute Gasteiger partial charge is 0.343 e. The lowest BCUT2D eigenvalue weighted by molar-refractivity contribution is -0.141. The Morgan fingerprint density at radius 1 is 1.05 bits per heavy atom. The highest BCUT2D eigenvalue weighted by Gasteiger charge is 2.38. The summed E-state index contributed by atoms with van der Waals surface area (Å²) in [6, 6.07) is 13.8. The lowest BCUT2D eigenvalue weighted by atomic mass is 9.97. The molecular formula is C33H45ClN4O5S. The Bertz CT molecular complexity index is 1400. The molecule has 2 aliphatic heterocycles. The number of aryl methyl sites for hydroxylation is 1. The van der Waals surface area contributed by atoms with Crippen LogP contribution in [-0.2, 0) is 42.9 Å². The number of nitrogens with two attached hydrogens (primary N) is 1. The van der Waals surface area contributed by atoms with Gasteiger partial charge in [-0.25, -0.2) is 8.42 Å². The third kappa shape index (κ3) is 9.36. The van der Waals surface area contributed by atoms with Crippen LogP contribution in [0, 0.1) is 5.92 Å². The van der Waals surface area contributed by atoms with Gasteiger partial charge in [-0.15, -0.1) is 0 Å². The Labute approximate surface area is 266 Å². The molecule has 2 aliphatic rings. The Kier molecular flexibility index (Phi) is 12.4. The molecule has 11 heteroatoms. The second-order valence-electron chi connectivity index (χ2n) is 12.0. The van der Waals surface area contributed by atoms with Crippen LogP contribution in [0.4, 0.5) is 0 Å². The van der Waals surface area contributed by atoms with Gasteiger partial charge in [0.05, 0.1) is 23.5 Å². The predicted molar refractivity (Wildman–Crippen MR) is 173 cm³/mol. The lowest BCUT2D eigenvalue weighted by Gasteiger charge is -2.32. The van der Waals surface area contributed by atoms with E-state index in [9.17, 15) is 22.8 Å². The maximum atomic E-state index is 14.0. The Morgan fingerprint density at radius 2 is 1.77 bits per heavy atom. The van der Waals surface area contributed by atoms with Crippen molar-refractivity contribution in [1.82, 2.24) is 15.1 Å². The van der Waals surface area contributed by atoms with E-state index in [1.165, 1.54) is 0 Å². The molecule has 0 aliphatic carbocycles. The molecule has 0 radical (unpaired) electrons. The zero-order valence-corrected chi connectivity index (χ0v) is 27.1. The summed E-state index contributed by atoms with van der Waals surface area (Å²) in [6.07, 6.45) is 3.76. The van der Waals surface area contributed by atoms with Gasteiger partial charge in [0, 0.05) is 44.0 Å². The van der Waals surface area contributed by atoms with Crippen LogP contribution < -0.4 is 11.1 Å². The maximum Gasteiger partial charge on any atom is 0.227 e. The average Bonchev–Trinajstić information content (AvgIpc) is 3.52. The molecule has 2 heterocycles. The summed E-state index contributed by atoms with van der Waals surface area (Å²) in [5, 5.41) is 3.87. The van der Waals surface area contributed by atoms with Gasteiger partial charge < -0.3 is 20.9 Å². The van der Waals surface area contributed by atoms with E-state index in [2.05, 4.69) is 5.32 Å². The third-order valence-corrected chi connectivity index (χ3v) is 10.8. The summed E-state index contributed by atoms with van der Waals surface area (Å²) < 4.78 is 26.7. The second-order valence-corrected chi connectivity index (χ2v) is 14.6. The van der Waals surface area contributed by atoms with Crippen LogP contribution in [0.15, 0.2) is 48.5 Å². The molecule has 2 atom stereocenters. The van der Waals surface area contributed by atoms with E-state index >= 15 is 0 Å². The molecule has 0 saturated carbocycles. The van der Waals surface area contributed by atoms with E-state index < -0.39 is 21.8 Å². The number of likely N-dealkylation sites (tertiary alicyclic amines) is 1. The molecule has 240 valence electrons. The van der Waals surface area contributed by atoms with Gasteiger partial charge in [0.1, 0.15) is 0 Å². The van der Waals surface area contributed by atoms with E-state index in [1.807, 2.05) is 18.2 Å². The molecule has 2 amide bonds. The number of benzene rings is 2. The number of hydrogen-bond acceptors (Lipinski definition) is 7. The van der Waals surface area contributed by atoms with Crippen molar-refractivity contribution in [2.75, 3.05) is 32.4 Å². The number of amides is 2. The third-order valence-electron chi connectivity index (χ3n) is 8.93. The monoisotopic (exact) mass is 644 g/mol. The van der Waals surface area contributed by atoms with Gasteiger partial charge in [0.15, 0.2) is 15.6 Å². The second kappa shape index (κ2) is 16.0. The number of halogens is 1. The summed E-state index contributed by atoms with van der Waals surface area (Å²) >= 11 is 6.18. The molecule has 0 bridgehead atoms. The van der Waals surface area contributed by atoms with Crippen molar-refractivity contribution in [2.24, 2.45) is 11.7 Å². The topological polar surface area (TPSA) is 130 Å². The van der Waals surface area contributed by atoms with Crippen LogP contribution in [0.5, 0.6) is 0 Å². The standard InChI is InChI=1S/C33H45ClN4O5S/c1-37(29-15-17-36-18-16-29)32(40)14-11-27(23-44(42,43)22-24-6-3-2-4-7-24)33(41)38-19-5-8-30(38)31(39)13-10-25-20-28(34)12-9-26(25)21-35/h2-4,6-7,9,12,20,27,29-30,36H,5,8,10-11,13-19,21-23,35H2,1H3/t27-,30-/m0/s1. The predicted octanol–water partition coefficient (Wildman–Crippen LogP) is 3.51. The first-order chi connectivity index (χ1) is 21.1. The number of nitrogens with zero attached hydrogens (tertiary/aromatic N) is 2. The minimum absolute atomic E-state index is 0.0635. The molecule has 0 spiro atoms. The highest BCUT2D eigenvalue weighted by atomic mass is 35.5. The molecule has 9 nitrogen and oxygen atoms in total. The summed E-state index contributed by atoms with van der Waals surface area (Å²) in [5.41, 5.74) is 8.35. The average molecular weight is 645 g/mol. The van der Waals surface area contributed by atoms with E-state index in [1.54, 1.807) is 47.2 Å². The zero-order valence-electron chi connectivity index (χ0n) is 25.5. The van der Waals surface area contributed by atoms with Crippen molar-refractivity contribution in [1.29, 1.82) is 0 Å². The van der Waals surface area contributed by atoms with E-state index in [4.69, 9.17) is 17.3 Å². The van der Waals surface area contributed by atoms with Crippen LogP contribution in [0.1, 0.15) is 61.6 Å². The smallest absolute Gasteiger partial charge is 0.227 e. The van der Waals surface area contributed by atoms with Crippen molar-refractivity contribution >= 4 is 39.0 Å². The number of carbonyl (C=O) groups excluding carboxylic acids is 3. The first-order valence-corrected chi connectivity index (χ1v) is 17.8. The van der Waals surface area contributed by atoms with Crippen LogP contribution in [-0.4, -0.2) is 80.3 Å². The van der Waals surface area contributed by atoms with Gasteiger partial charge in [-0.1, -0.05) is 48.0 Å². The molecule has 44 heavy (non-hydrogen) atoms. The van der Waals surface area contributed by atoms with E-state index in [-0.39, 0.29) is 54.4 Å². The van der Waals surface area contributed by atoms with Crippen LogP contribution >= 0.6 is 11.6 Å². The number of sulfone groups is 1. The van der Waals surface area contributed by atoms with Crippen molar-refractivity contribution in [3.63, 3.8) is 0 Å². The Morgan fingerprint density at radius 3 is 2.48 bits per heavy atom. The van der Waals surface area contributed by atoms with E-state index in [0.717, 1.165) is 37.1 Å². The highest BCUT2D eigenvalue weighted by Crippen LogP contribution is 2.27. The molecule has 2 aromatic rings. The first kappa shape index (κ1) is 34.1. The van der Waals surface area contributed by atoms with E-state index in [0.29, 0.717) is 42.9 Å². The van der Waals surface area contributed by atoms with Crippen molar-refractivity contribution in [2.45, 2.75) is 75.7 Å². The number of rotatable bonds is 14. The number of carbonyl (C=O) groups is 3. The molecule has 0 aromatic heterocycles. The zero-order chi connectivity index (χ0) is 31.7. The van der Waals surface area contributed by atoms with Gasteiger partial charge in [0.2, 0.25) is 11.8 Å². The van der Waals surface area contributed by atoms with Gasteiger partial charge in [-0.3, -0.25) is 14.4 Å². The minimum Gasteiger partial charge on any atom is -0.343 e. The van der Waals surface area contributed by atoms with Gasteiger partial charge >= 0.3 is 0 Å². The minimum atomic E-state index is -3.68. The number of hydrogen-bond donors (Lipinski definition) is 2.